The first-order chi connectivity index (χ1) is 10.1. The molecule has 0 saturated carbocycles. The highest BCUT2D eigenvalue weighted by Crippen LogP contribution is 2.18. The molecule has 0 heterocycles. The van der Waals surface area contributed by atoms with E-state index in [9.17, 15) is 16.8 Å². The third-order valence-corrected chi connectivity index (χ3v) is 12.1. The van der Waals surface area contributed by atoms with E-state index in [1.807, 2.05) is 0 Å². The van der Waals surface area contributed by atoms with Crippen LogP contribution in [0.1, 0.15) is 38.5 Å². The molecule has 4 nitrogen and oxygen atoms in total. The van der Waals surface area contributed by atoms with Crippen LogP contribution in [0.3, 0.4) is 0 Å². The fourth-order valence-corrected chi connectivity index (χ4v) is 7.69. The van der Waals surface area contributed by atoms with Crippen molar-refractivity contribution in [3.8, 4) is 0 Å². The summed E-state index contributed by atoms with van der Waals surface area (Å²) in [5.74, 6) is 0.318. The number of rotatable bonds is 13. The average Bonchev–Trinajstić information content (AvgIpc) is 2.41. The fourth-order valence-electron chi connectivity index (χ4n) is 1.89. The Morgan fingerprint density at radius 3 is 1.23 bits per heavy atom. The molecule has 22 heavy (non-hydrogen) atoms. The van der Waals surface area contributed by atoms with E-state index in [1.165, 1.54) is 0 Å². The van der Waals surface area contributed by atoms with Crippen molar-refractivity contribution in [3.05, 3.63) is 0 Å². The van der Waals surface area contributed by atoms with Gasteiger partial charge in [-0.1, -0.05) is 89.4 Å². The summed E-state index contributed by atoms with van der Waals surface area (Å²) in [7, 11) is -5.99. The van der Waals surface area contributed by atoms with Crippen molar-refractivity contribution < 1.29 is 16.8 Å². The molecule has 0 N–H and O–H groups in total. The molecule has 0 aliphatic rings. The van der Waals surface area contributed by atoms with Gasteiger partial charge < -0.3 is 0 Å². The Balaban J connectivity index is 3.70. The minimum atomic E-state index is -2.99. The molecule has 0 radical (unpaired) electrons. The van der Waals surface area contributed by atoms with Gasteiger partial charge >= 0.3 is 0 Å². The van der Waals surface area contributed by atoms with Gasteiger partial charge in [-0.25, -0.2) is 16.8 Å². The normalized spacial score (nSPS) is 15.6. The standard InChI is InChI=1S/C12H22Br4O4S2/c13-9-21(17,18)7-11(15)5-3-1-2-4-6-12(16)8-22(19,20)10-14/h11-12H,1-10H2. The Morgan fingerprint density at radius 1 is 0.636 bits per heavy atom. The number of unbranched alkanes of at least 4 members (excludes halogenated alkanes) is 3. The van der Waals surface area contributed by atoms with Gasteiger partial charge in [0.2, 0.25) is 0 Å². The van der Waals surface area contributed by atoms with Crippen LogP contribution in [-0.4, -0.2) is 47.3 Å². The molecule has 2 unspecified atom stereocenters. The van der Waals surface area contributed by atoms with Gasteiger partial charge in [-0.05, 0) is 12.8 Å². The number of sulfone groups is 2. The van der Waals surface area contributed by atoms with Crippen LogP contribution in [0.25, 0.3) is 0 Å². The van der Waals surface area contributed by atoms with Crippen LogP contribution in [0.4, 0.5) is 0 Å². The van der Waals surface area contributed by atoms with Gasteiger partial charge in [0, 0.05) is 9.65 Å². The summed E-state index contributed by atoms with van der Waals surface area (Å²) in [6.07, 6.45) is 5.67. The predicted molar refractivity (Wildman–Crippen MR) is 108 cm³/mol. The lowest BCUT2D eigenvalue weighted by Crippen LogP contribution is -2.17. The summed E-state index contributed by atoms with van der Waals surface area (Å²) < 4.78 is 45.7. The topological polar surface area (TPSA) is 68.3 Å². The second-order valence-corrected chi connectivity index (χ2v) is 14.6. The van der Waals surface area contributed by atoms with Crippen molar-refractivity contribution in [1.82, 2.24) is 0 Å². The average molecular weight is 614 g/mol. The van der Waals surface area contributed by atoms with Crippen LogP contribution >= 0.6 is 63.7 Å². The summed E-state index contributed by atoms with van der Waals surface area (Å²) in [6.45, 7) is 0. The molecule has 0 aromatic rings. The van der Waals surface area contributed by atoms with Crippen LogP contribution in [-0.2, 0) is 19.7 Å². The van der Waals surface area contributed by atoms with Crippen LogP contribution in [0.5, 0.6) is 0 Å². The largest absolute Gasteiger partial charge is 0.228 e. The molecule has 0 aromatic heterocycles. The van der Waals surface area contributed by atoms with E-state index >= 15 is 0 Å². The number of hydrogen-bond acceptors (Lipinski definition) is 4. The molecule has 134 valence electrons. The maximum absolute atomic E-state index is 11.4. The SMILES string of the molecule is O=S(=O)(CBr)CC(Br)CCCCCCC(Br)CS(=O)(=O)CBr. The van der Waals surface area contributed by atoms with Gasteiger partial charge in [0.05, 0.1) is 11.5 Å². The van der Waals surface area contributed by atoms with Gasteiger partial charge in [-0.2, -0.15) is 0 Å². The van der Waals surface area contributed by atoms with E-state index < -0.39 is 19.7 Å². The lowest BCUT2D eigenvalue weighted by atomic mass is 10.1. The zero-order chi connectivity index (χ0) is 17.2. The van der Waals surface area contributed by atoms with E-state index in [2.05, 4.69) is 63.7 Å². The third-order valence-electron chi connectivity index (χ3n) is 2.99. The summed E-state index contributed by atoms with van der Waals surface area (Å²) in [5, 5.41) is 0. The highest BCUT2D eigenvalue weighted by Gasteiger charge is 2.16. The maximum Gasteiger partial charge on any atom is 0.161 e. The maximum atomic E-state index is 11.4. The summed E-state index contributed by atoms with van der Waals surface area (Å²) >= 11 is 12.8. The predicted octanol–water partition coefficient (Wildman–Crippen LogP) is 4.39. The van der Waals surface area contributed by atoms with Crippen molar-refractivity contribution in [3.63, 3.8) is 0 Å². The second-order valence-electron chi connectivity index (χ2n) is 5.22. The number of hydrogen-bond donors (Lipinski definition) is 0. The third kappa shape index (κ3) is 13.1. The van der Waals surface area contributed by atoms with E-state index in [1.54, 1.807) is 0 Å². The molecule has 10 heteroatoms. The van der Waals surface area contributed by atoms with Crippen molar-refractivity contribution in [2.75, 3.05) is 20.8 Å². The summed E-state index contributed by atoms with van der Waals surface area (Å²) in [4.78, 5) is 0.00564. The molecule has 2 atom stereocenters. The van der Waals surface area contributed by atoms with Gasteiger partial charge in [-0.15, -0.1) is 0 Å². The van der Waals surface area contributed by atoms with Gasteiger partial charge in [0.1, 0.15) is 9.32 Å². The molecule has 0 bridgehead atoms. The Bertz CT molecular complexity index is 447. The second kappa shape index (κ2) is 12.2. The summed E-state index contributed by atoms with van der Waals surface area (Å²) in [6, 6.07) is 0. The minimum absolute atomic E-state index is 0.00282. The monoisotopic (exact) mass is 610 g/mol. The summed E-state index contributed by atoms with van der Waals surface area (Å²) in [5.41, 5.74) is 0. The highest BCUT2D eigenvalue weighted by molar-refractivity contribution is 9.11. The van der Waals surface area contributed by atoms with Crippen molar-refractivity contribution in [2.24, 2.45) is 0 Å². The van der Waals surface area contributed by atoms with E-state index in [4.69, 9.17) is 0 Å². The van der Waals surface area contributed by atoms with Crippen LogP contribution in [0, 0.1) is 0 Å². The molecule has 0 rings (SSSR count). The number of alkyl halides is 4. The molecule has 0 spiro atoms. The van der Waals surface area contributed by atoms with Crippen molar-refractivity contribution >= 4 is 83.4 Å². The van der Waals surface area contributed by atoms with Gasteiger partial charge in [0.15, 0.2) is 19.7 Å². The van der Waals surface area contributed by atoms with Gasteiger partial charge in [-0.3, -0.25) is 0 Å². The van der Waals surface area contributed by atoms with Crippen LogP contribution in [0.15, 0.2) is 0 Å². The van der Waals surface area contributed by atoms with Crippen molar-refractivity contribution in [1.29, 1.82) is 0 Å². The first-order valence-electron chi connectivity index (χ1n) is 6.93. The lowest BCUT2D eigenvalue weighted by Gasteiger charge is -2.10. The van der Waals surface area contributed by atoms with Gasteiger partial charge in [0.25, 0.3) is 0 Å². The Labute approximate surface area is 167 Å². The fraction of sp³-hybridized carbons (Fsp3) is 1.00. The smallest absolute Gasteiger partial charge is 0.161 e. The Morgan fingerprint density at radius 2 is 0.955 bits per heavy atom. The van der Waals surface area contributed by atoms with E-state index in [-0.39, 0.29) is 30.5 Å². The Kier molecular flexibility index (Phi) is 13.2. The zero-order valence-electron chi connectivity index (χ0n) is 12.2. The molecular weight excluding hydrogens is 592 g/mol. The highest BCUT2D eigenvalue weighted by atomic mass is 79.9. The first kappa shape index (κ1) is 23.8. The Hall–Kier alpha value is 1.82. The van der Waals surface area contributed by atoms with Crippen LogP contribution < -0.4 is 0 Å². The first-order valence-corrected chi connectivity index (χ1v) is 14.6. The van der Waals surface area contributed by atoms with Crippen molar-refractivity contribution in [2.45, 2.75) is 48.2 Å². The van der Waals surface area contributed by atoms with Crippen LogP contribution in [0.2, 0.25) is 0 Å². The minimum Gasteiger partial charge on any atom is -0.228 e. The molecular formula is C12H22Br4O4S2. The molecule has 0 fully saturated rings. The van der Waals surface area contributed by atoms with E-state index in [0.717, 1.165) is 38.5 Å². The molecule has 0 saturated heterocycles. The molecule has 0 aliphatic carbocycles. The zero-order valence-corrected chi connectivity index (χ0v) is 20.2. The number of halogens is 4. The lowest BCUT2D eigenvalue weighted by molar-refractivity contribution is 0.576. The van der Waals surface area contributed by atoms with E-state index in [0.29, 0.717) is 0 Å². The quantitative estimate of drug-likeness (QED) is 0.228. The molecule has 0 aliphatic heterocycles. The molecule has 0 amide bonds. The molecule has 0 aromatic carbocycles.